The molecule has 1 aliphatic heterocycles. The average Bonchev–Trinajstić information content (AvgIpc) is 2.78. The van der Waals surface area contributed by atoms with Gasteiger partial charge in [-0.1, -0.05) is 12.1 Å². The lowest BCUT2D eigenvalue weighted by Gasteiger charge is -2.10. The first-order valence-electron chi connectivity index (χ1n) is 4.98. The number of aliphatic carboxylic acids is 1. The molecular formula is C11H9F2NO4. The summed E-state index contributed by atoms with van der Waals surface area (Å²) in [6.45, 7) is -2.95. The molecule has 1 aromatic carbocycles. The lowest BCUT2D eigenvalue weighted by molar-refractivity contribution is -0.148. The Balaban J connectivity index is 2.28. The van der Waals surface area contributed by atoms with Gasteiger partial charge in [-0.05, 0) is 18.2 Å². The number of carboxylic acid groups (broad SMARTS) is 1. The van der Waals surface area contributed by atoms with Crippen molar-refractivity contribution in [3.8, 4) is 5.75 Å². The van der Waals surface area contributed by atoms with Gasteiger partial charge >= 0.3 is 12.6 Å². The van der Waals surface area contributed by atoms with Gasteiger partial charge in [0.05, 0.1) is 5.70 Å². The number of carboxylic acids is 1. The molecule has 18 heavy (non-hydrogen) atoms. The summed E-state index contributed by atoms with van der Waals surface area (Å²) < 4.78 is 28.7. The third kappa shape index (κ3) is 2.57. The quantitative estimate of drug-likeness (QED) is 0.857. The van der Waals surface area contributed by atoms with Crippen LogP contribution >= 0.6 is 0 Å². The first kappa shape index (κ1) is 12.3. The van der Waals surface area contributed by atoms with E-state index >= 15 is 0 Å². The second-order valence-corrected chi connectivity index (χ2v) is 3.43. The normalized spacial score (nSPS) is 18.4. The van der Waals surface area contributed by atoms with Crippen LogP contribution in [-0.4, -0.2) is 23.8 Å². The summed E-state index contributed by atoms with van der Waals surface area (Å²) in [6, 6.07) is 6.03. The molecule has 0 radical (unpaired) electrons. The molecule has 0 fully saturated rings. The van der Waals surface area contributed by atoms with Gasteiger partial charge in [0.1, 0.15) is 5.75 Å². The van der Waals surface area contributed by atoms with Crippen LogP contribution in [0.4, 0.5) is 8.78 Å². The van der Waals surface area contributed by atoms with Crippen molar-refractivity contribution in [1.29, 1.82) is 0 Å². The third-order valence-electron chi connectivity index (χ3n) is 2.25. The van der Waals surface area contributed by atoms with E-state index in [-0.39, 0.29) is 11.4 Å². The highest BCUT2D eigenvalue weighted by Gasteiger charge is 2.25. The van der Waals surface area contributed by atoms with Gasteiger partial charge in [-0.3, -0.25) is 10.3 Å². The predicted molar refractivity (Wildman–Crippen MR) is 56.7 cm³/mol. The van der Waals surface area contributed by atoms with E-state index in [9.17, 15) is 13.6 Å². The van der Waals surface area contributed by atoms with Gasteiger partial charge in [-0.2, -0.15) is 8.78 Å². The van der Waals surface area contributed by atoms with Crippen LogP contribution in [0.25, 0.3) is 5.70 Å². The smallest absolute Gasteiger partial charge is 0.387 e. The molecule has 0 bridgehead atoms. The van der Waals surface area contributed by atoms with Crippen LogP contribution in [0.2, 0.25) is 0 Å². The summed E-state index contributed by atoms with van der Waals surface area (Å²) in [5.41, 5.74) is 2.96. The first-order chi connectivity index (χ1) is 8.58. The Hall–Kier alpha value is -2.15. The number of benzene rings is 1. The van der Waals surface area contributed by atoms with Gasteiger partial charge in [0.15, 0.2) is 0 Å². The standard InChI is InChI=1S/C11H9F2NO4/c12-11(13)17-8-4-2-1-3-6(8)7-5-9(10(15)16)18-14-7/h1-5,9,11,14H,(H,15,16). The van der Waals surface area contributed by atoms with Crippen molar-refractivity contribution in [1.82, 2.24) is 5.48 Å². The summed E-state index contributed by atoms with van der Waals surface area (Å²) in [5, 5.41) is 8.73. The van der Waals surface area contributed by atoms with Crippen molar-refractivity contribution < 1.29 is 28.3 Å². The maximum atomic E-state index is 12.2. The fraction of sp³-hybridized carbons (Fsp3) is 0.182. The molecule has 0 amide bonds. The molecule has 2 rings (SSSR count). The second-order valence-electron chi connectivity index (χ2n) is 3.43. The molecular weight excluding hydrogens is 248 g/mol. The Labute approximate surface area is 101 Å². The van der Waals surface area contributed by atoms with E-state index in [0.717, 1.165) is 0 Å². The van der Waals surface area contributed by atoms with Crippen LogP contribution in [0.1, 0.15) is 5.56 Å². The van der Waals surface area contributed by atoms with Crippen molar-refractivity contribution in [2.24, 2.45) is 0 Å². The minimum absolute atomic E-state index is 0.0547. The molecule has 5 nitrogen and oxygen atoms in total. The number of hydroxylamine groups is 1. The SMILES string of the molecule is O=C(O)C1C=C(c2ccccc2OC(F)F)NO1. The Morgan fingerprint density at radius 2 is 2.17 bits per heavy atom. The van der Waals surface area contributed by atoms with E-state index < -0.39 is 18.7 Å². The highest BCUT2D eigenvalue weighted by Crippen LogP contribution is 2.28. The van der Waals surface area contributed by atoms with Gasteiger partial charge in [0.25, 0.3) is 0 Å². The van der Waals surface area contributed by atoms with E-state index in [4.69, 9.17) is 9.94 Å². The number of para-hydroxylation sites is 1. The zero-order chi connectivity index (χ0) is 13.1. The third-order valence-corrected chi connectivity index (χ3v) is 2.25. The zero-order valence-electron chi connectivity index (χ0n) is 8.97. The number of hydrogen-bond donors (Lipinski definition) is 2. The maximum absolute atomic E-state index is 12.2. The van der Waals surface area contributed by atoms with Crippen LogP contribution in [0.5, 0.6) is 5.75 Å². The molecule has 96 valence electrons. The molecule has 0 aromatic heterocycles. The summed E-state index contributed by atoms with van der Waals surface area (Å²) in [5.74, 6) is -1.23. The summed E-state index contributed by atoms with van der Waals surface area (Å²) in [7, 11) is 0. The lowest BCUT2D eigenvalue weighted by Crippen LogP contribution is -2.21. The van der Waals surface area contributed by atoms with Gasteiger partial charge in [-0.25, -0.2) is 4.79 Å². The summed E-state index contributed by atoms with van der Waals surface area (Å²) >= 11 is 0. The fourth-order valence-electron chi connectivity index (χ4n) is 1.50. The minimum atomic E-state index is -2.95. The van der Waals surface area contributed by atoms with Crippen LogP contribution in [-0.2, 0) is 9.63 Å². The molecule has 0 saturated carbocycles. The molecule has 1 atom stereocenters. The second kappa shape index (κ2) is 5.01. The largest absolute Gasteiger partial charge is 0.479 e. The van der Waals surface area contributed by atoms with Gasteiger partial charge in [-0.15, -0.1) is 0 Å². The number of halogens is 2. The van der Waals surface area contributed by atoms with Crippen molar-refractivity contribution in [2.75, 3.05) is 0 Å². The van der Waals surface area contributed by atoms with E-state index in [1.54, 1.807) is 6.07 Å². The lowest BCUT2D eigenvalue weighted by atomic mass is 10.1. The van der Waals surface area contributed by atoms with E-state index in [0.29, 0.717) is 5.56 Å². The summed E-state index contributed by atoms with van der Waals surface area (Å²) in [6.07, 6.45) is 0.121. The van der Waals surface area contributed by atoms with Gasteiger partial charge < -0.3 is 9.84 Å². The average molecular weight is 257 g/mol. The molecule has 0 spiro atoms. The van der Waals surface area contributed by atoms with Gasteiger partial charge in [0.2, 0.25) is 6.10 Å². The monoisotopic (exact) mass is 257 g/mol. The molecule has 7 heteroatoms. The number of nitrogens with one attached hydrogen (secondary N) is 1. The van der Waals surface area contributed by atoms with E-state index in [2.05, 4.69) is 10.2 Å². The minimum Gasteiger partial charge on any atom is -0.479 e. The van der Waals surface area contributed by atoms with Crippen LogP contribution < -0.4 is 10.2 Å². The van der Waals surface area contributed by atoms with Crippen molar-refractivity contribution >= 4 is 11.7 Å². The zero-order valence-corrected chi connectivity index (χ0v) is 8.97. The summed E-state index contributed by atoms with van der Waals surface area (Å²) in [4.78, 5) is 15.4. The Bertz CT molecular complexity index is 490. The van der Waals surface area contributed by atoms with Gasteiger partial charge in [0, 0.05) is 5.56 Å². The van der Waals surface area contributed by atoms with Crippen LogP contribution in [0.15, 0.2) is 30.3 Å². The molecule has 1 aromatic rings. The predicted octanol–water partition coefficient (Wildman–Crippen LogP) is 1.62. The Morgan fingerprint density at radius 1 is 1.44 bits per heavy atom. The Morgan fingerprint density at radius 3 is 2.78 bits per heavy atom. The number of hydrogen-bond acceptors (Lipinski definition) is 4. The molecule has 1 unspecified atom stereocenters. The maximum Gasteiger partial charge on any atom is 0.387 e. The first-order valence-corrected chi connectivity index (χ1v) is 4.98. The molecule has 0 saturated heterocycles. The van der Waals surface area contributed by atoms with Crippen LogP contribution in [0, 0.1) is 0 Å². The number of carbonyl (C=O) groups is 1. The molecule has 2 N–H and O–H groups in total. The topological polar surface area (TPSA) is 67.8 Å². The highest BCUT2D eigenvalue weighted by atomic mass is 19.3. The van der Waals surface area contributed by atoms with E-state index in [1.807, 2.05) is 0 Å². The Kier molecular flexibility index (Phi) is 3.42. The van der Waals surface area contributed by atoms with Crippen molar-refractivity contribution in [3.63, 3.8) is 0 Å². The molecule has 0 aliphatic carbocycles. The van der Waals surface area contributed by atoms with Crippen molar-refractivity contribution in [3.05, 3.63) is 35.9 Å². The number of ether oxygens (including phenoxy) is 1. The number of rotatable bonds is 4. The highest BCUT2D eigenvalue weighted by molar-refractivity contribution is 5.81. The van der Waals surface area contributed by atoms with E-state index in [1.165, 1.54) is 24.3 Å². The van der Waals surface area contributed by atoms with Crippen molar-refractivity contribution in [2.45, 2.75) is 12.7 Å². The van der Waals surface area contributed by atoms with Crippen LogP contribution in [0.3, 0.4) is 0 Å². The molecule has 1 heterocycles. The number of alkyl halides is 2. The molecule has 1 aliphatic rings. The fourth-order valence-corrected chi connectivity index (χ4v) is 1.50.